The summed E-state index contributed by atoms with van der Waals surface area (Å²) in [5.74, 6) is -0.272. The number of halogens is 2. The van der Waals surface area contributed by atoms with Gasteiger partial charge in [-0.2, -0.15) is 0 Å². The maximum atomic E-state index is 5.98. The first-order valence-electron chi connectivity index (χ1n) is 6.20. The summed E-state index contributed by atoms with van der Waals surface area (Å²) in [4.78, 5) is 0. The van der Waals surface area contributed by atoms with E-state index < -0.39 is 5.79 Å². The molecule has 1 fully saturated rings. The molecule has 2 atom stereocenters. The molecule has 0 spiro atoms. The van der Waals surface area contributed by atoms with Gasteiger partial charge in [0.25, 0.3) is 0 Å². The summed E-state index contributed by atoms with van der Waals surface area (Å²) in [7, 11) is 0. The minimum absolute atomic E-state index is 0.0503. The van der Waals surface area contributed by atoms with Crippen molar-refractivity contribution in [3.63, 3.8) is 0 Å². The quantitative estimate of drug-likeness (QED) is 0.784. The van der Waals surface area contributed by atoms with E-state index in [1.807, 2.05) is 12.1 Å². The van der Waals surface area contributed by atoms with Gasteiger partial charge in [-0.05, 0) is 16.8 Å². The van der Waals surface area contributed by atoms with Gasteiger partial charge in [-0.3, -0.25) is 0 Å². The van der Waals surface area contributed by atoms with Gasteiger partial charge in [0.1, 0.15) is 0 Å². The summed E-state index contributed by atoms with van der Waals surface area (Å²) in [5.41, 5.74) is 1.02. The molecule has 0 unspecified atom stereocenters. The van der Waals surface area contributed by atoms with Gasteiger partial charge in [-0.25, -0.2) is 0 Å². The van der Waals surface area contributed by atoms with Crippen LogP contribution in [0.4, 0.5) is 0 Å². The molecule has 4 heteroatoms. The Morgan fingerprint density at radius 1 is 1.21 bits per heavy atom. The van der Waals surface area contributed by atoms with Gasteiger partial charge in [-0.1, -0.05) is 52.3 Å². The Hall–Kier alpha value is -0.610. The lowest BCUT2D eigenvalue weighted by Gasteiger charge is -2.26. The molecule has 3 rings (SSSR count). The zero-order valence-corrected chi connectivity index (χ0v) is 12.7. The molecule has 0 radical (unpaired) electrons. The Bertz CT molecular complexity index is 589. The largest absolute Gasteiger partial charge is 0.342 e. The van der Waals surface area contributed by atoms with Crippen molar-refractivity contribution in [2.45, 2.75) is 11.9 Å². The van der Waals surface area contributed by atoms with E-state index in [2.05, 4.69) is 46.3 Å². The highest BCUT2D eigenvalue weighted by Crippen LogP contribution is 2.37. The Morgan fingerprint density at radius 3 is 2.68 bits per heavy atom. The molecule has 19 heavy (non-hydrogen) atoms. The predicted octanol–water partition coefficient (Wildman–Crippen LogP) is 4.04. The van der Waals surface area contributed by atoms with Crippen LogP contribution in [-0.2, 0) is 15.3 Å². The first kappa shape index (κ1) is 13.4. The van der Waals surface area contributed by atoms with Crippen LogP contribution >= 0.6 is 27.5 Å². The van der Waals surface area contributed by atoms with Crippen LogP contribution in [0.3, 0.4) is 0 Å². The molecule has 1 aliphatic heterocycles. The second-order valence-electron chi connectivity index (χ2n) is 4.65. The monoisotopic (exact) mass is 340 g/mol. The third-order valence-corrected chi connectivity index (χ3v) is 4.48. The smallest absolute Gasteiger partial charge is 0.205 e. The van der Waals surface area contributed by atoms with Crippen LogP contribution in [0.15, 0.2) is 42.5 Å². The van der Waals surface area contributed by atoms with Crippen LogP contribution in [0.1, 0.15) is 5.56 Å². The van der Waals surface area contributed by atoms with Crippen molar-refractivity contribution in [2.75, 3.05) is 17.8 Å². The molecule has 1 aliphatic rings. The summed E-state index contributed by atoms with van der Waals surface area (Å²) in [5, 5.41) is 2.98. The number of benzene rings is 2. The van der Waals surface area contributed by atoms with Crippen LogP contribution in [-0.4, -0.2) is 23.9 Å². The summed E-state index contributed by atoms with van der Waals surface area (Å²) in [6.07, 6.45) is -0.0503. The van der Waals surface area contributed by atoms with Crippen LogP contribution in [0.25, 0.3) is 10.8 Å². The summed E-state index contributed by atoms with van der Waals surface area (Å²) in [6, 6.07) is 14.5. The lowest BCUT2D eigenvalue weighted by molar-refractivity contribution is -0.154. The number of ether oxygens (including phenoxy) is 2. The summed E-state index contributed by atoms with van der Waals surface area (Å²) < 4.78 is 11.9. The van der Waals surface area contributed by atoms with Gasteiger partial charge >= 0.3 is 0 Å². The highest BCUT2D eigenvalue weighted by Gasteiger charge is 2.42. The lowest BCUT2D eigenvalue weighted by Crippen LogP contribution is -2.30. The maximum Gasteiger partial charge on any atom is 0.205 e. The van der Waals surface area contributed by atoms with Gasteiger partial charge in [0.05, 0.1) is 23.9 Å². The molecular formula is C15H14BrClO2. The Morgan fingerprint density at radius 2 is 2.00 bits per heavy atom. The van der Waals surface area contributed by atoms with Crippen LogP contribution < -0.4 is 0 Å². The third-order valence-electron chi connectivity index (χ3n) is 3.40. The molecule has 2 aromatic rings. The molecule has 0 N–H and O–H groups in total. The minimum atomic E-state index is -0.719. The van der Waals surface area contributed by atoms with Crippen molar-refractivity contribution >= 4 is 38.3 Å². The van der Waals surface area contributed by atoms with Gasteiger partial charge in [0, 0.05) is 5.56 Å². The van der Waals surface area contributed by atoms with E-state index in [-0.39, 0.29) is 6.10 Å². The zero-order valence-electron chi connectivity index (χ0n) is 10.3. The van der Waals surface area contributed by atoms with Crippen molar-refractivity contribution in [1.29, 1.82) is 0 Å². The van der Waals surface area contributed by atoms with Gasteiger partial charge in [-0.15, -0.1) is 11.6 Å². The van der Waals surface area contributed by atoms with Crippen molar-refractivity contribution in [3.8, 4) is 0 Å². The number of fused-ring (bicyclic) bond motifs is 1. The van der Waals surface area contributed by atoms with E-state index in [0.29, 0.717) is 17.8 Å². The number of alkyl halides is 2. The van der Waals surface area contributed by atoms with Gasteiger partial charge < -0.3 is 9.47 Å². The number of hydrogen-bond acceptors (Lipinski definition) is 2. The fourth-order valence-electron chi connectivity index (χ4n) is 2.37. The van der Waals surface area contributed by atoms with Gasteiger partial charge in [0.2, 0.25) is 5.79 Å². The average molecular weight is 342 g/mol. The molecule has 0 amide bonds. The second kappa shape index (κ2) is 5.41. The fourth-order valence-corrected chi connectivity index (χ4v) is 3.14. The number of hydrogen-bond donors (Lipinski definition) is 0. The molecular weight excluding hydrogens is 328 g/mol. The van der Waals surface area contributed by atoms with E-state index in [0.717, 1.165) is 5.56 Å². The normalized spacial score (nSPS) is 26.9. The molecule has 0 saturated carbocycles. The van der Waals surface area contributed by atoms with Crippen LogP contribution in [0, 0.1) is 0 Å². The second-order valence-corrected chi connectivity index (χ2v) is 5.52. The minimum Gasteiger partial charge on any atom is -0.342 e. The molecule has 1 saturated heterocycles. The molecule has 1 heterocycles. The molecule has 2 aromatic carbocycles. The van der Waals surface area contributed by atoms with Crippen molar-refractivity contribution in [1.82, 2.24) is 0 Å². The Labute approximate surface area is 125 Å². The predicted molar refractivity (Wildman–Crippen MR) is 81.0 cm³/mol. The molecule has 0 aromatic heterocycles. The zero-order chi connectivity index (χ0) is 13.3. The highest BCUT2D eigenvalue weighted by atomic mass is 79.9. The SMILES string of the molecule is ClC[C@@H]1CO[C@@](CBr)(c2ccc3ccccc3c2)O1. The van der Waals surface area contributed by atoms with E-state index in [1.54, 1.807) is 0 Å². The first-order chi connectivity index (χ1) is 9.27. The third kappa shape index (κ3) is 2.40. The van der Waals surface area contributed by atoms with Crippen LogP contribution in [0.2, 0.25) is 0 Å². The van der Waals surface area contributed by atoms with Crippen LogP contribution in [0.5, 0.6) is 0 Å². The summed E-state index contributed by atoms with van der Waals surface area (Å²) >= 11 is 9.35. The first-order valence-corrected chi connectivity index (χ1v) is 7.86. The van der Waals surface area contributed by atoms with E-state index in [9.17, 15) is 0 Å². The maximum absolute atomic E-state index is 5.98. The molecule has 2 nitrogen and oxygen atoms in total. The van der Waals surface area contributed by atoms with Gasteiger partial charge in [0.15, 0.2) is 0 Å². The Kier molecular flexibility index (Phi) is 3.81. The summed E-state index contributed by atoms with van der Waals surface area (Å²) in [6.45, 7) is 0.530. The Balaban J connectivity index is 2.02. The van der Waals surface area contributed by atoms with E-state index in [4.69, 9.17) is 21.1 Å². The topological polar surface area (TPSA) is 18.5 Å². The number of rotatable bonds is 3. The highest BCUT2D eigenvalue weighted by molar-refractivity contribution is 9.09. The van der Waals surface area contributed by atoms with Crippen molar-refractivity contribution in [3.05, 3.63) is 48.0 Å². The standard InChI is InChI=1S/C15H14BrClO2/c16-10-15(18-9-14(8-17)19-15)13-6-5-11-3-1-2-4-12(11)7-13/h1-7,14H,8-10H2/t14-,15-/m1/s1. The molecule has 100 valence electrons. The van der Waals surface area contributed by atoms with E-state index in [1.165, 1.54) is 10.8 Å². The van der Waals surface area contributed by atoms with Crippen molar-refractivity contribution in [2.24, 2.45) is 0 Å². The fraction of sp³-hybridized carbons (Fsp3) is 0.333. The lowest BCUT2D eigenvalue weighted by atomic mass is 10.0. The van der Waals surface area contributed by atoms with Crippen molar-refractivity contribution < 1.29 is 9.47 Å². The van der Waals surface area contributed by atoms with E-state index >= 15 is 0 Å². The molecule has 0 aliphatic carbocycles. The molecule has 0 bridgehead atoms. The average Bonchev–Trinajstić information content (AvgIpc) is 2.92.